The molecule has 21 heavy (non-hydrogen) atoms. The standard InChI is InChI=1S/C15H20N4O2/c1-10-2-5-13(16-7-10)18-15(21)17-8-11-6-14(20)19(9-11)12-3-4-12/h2,5,7,11-12H,3-4,6,8-9H2,1H3,(H2,16,17,18,21). The number of carbonyl (C=O) groups is 2. The maximum Gasteiger partial charge on any atom is 0.320 e. The zero-order valence-electron chi connectivity index (χ0n) is 12.1. The summed E-state index contributed by atoms with van der Waals surface area (Å²) in [4.78, 5) is 29.7. The molecule has 1 aliphatic heterocycles. The average molecular weight is 288 g/mol. The van der Waals surface area contributed by atoms with Gasteiger partial charge in [-0.15, -0.1) is 0 Å². The monoisotopic (exact) mass is 288 g/mol. The van der Waals surface area contributed by atoms with Gasteiger partial charge in [-0.05, 0) is 31.4 Å². The Labute approximate surface area is 123 Å². The highest BCUT2D eigenvalue weighted by Gasteiger charge is 2.39. The van der Waals surface area contributed by atoms with E-state index < -0.39 is 0 Å². The summed E-state index contributed by atoms with van der Waals surface area (Å²) in [5.74, 6) is 0.972. The number of nitrogens with zero attached hydrogens (tertiary/aromatic N) is 2. The summed E-state index contributed by atoms with van der Waals surface area (Å²) in [6.07, 6.45) is 4.51. The second kappa shape index (κ2) is 5.71. The van der Waals surface area contributed by atoms with Crippen molar-refractivity contribution in [3.8, 4) is 0 Å². The first-order valence-electron chi connectivity index (χ1n) is 7.39. The van der Waals surface area contributed by atoms with Crippen LogP contribution in [-0.4, -0.2) is 41.0 Å². The molecule has 3 amide bonds. The van der Waals surface area contributed by atoms with E-state index in [1.807, 2.05) is 17.9 Å². The third-order valence-corrected chi connectivity index (χ3v) is 3.93. The number of nitrogens with one attached hydrogen (secondary N) is 2. The molecule has 1 saturated heterocycles. The highest BCUT2D eigenvalue weighted by Crippen LogP contribution is 2.32. The number of anilines is 1. The lowest BCUT2D eigenvalue weighted by atomic mass is 10.1. The van der Waals surface area contributed by atoms with Crippen LogP contribution < -0.4 is 10.6 Å². The molecule has 1 aromatic rings. The van der Waals surface area contributed by atoms with Gasteiger partial charge in [0.25, 0.3) is 0 Å². The highest BCUT2D eigenvalue weighted by molar-refractivity contribution is 5.88. The fourth-order valence-corrected chi connectivity index (χ4v) is 2.62. The van der Waals surface area contributed by atoms with Crippen LogP contribution >= 0.6 is 0 Å². The van der Waals surface area contributed by atoms with Gasteiger partial charge in [-0.25, -0.2) is 9.78 Å². The van der Waals surface area contributed by atoms with Crippen LogP contribution in [-0.2, 0) is 4.79 Å². The molecule has 2 fully saturated rings. The summed E-state index contributed by atoms with van der Waals surface area (Å²) >= 11 is 0. The van der Waals surface area contributed by atoms with Gasteiger partial charge in [0, 0.05) is 37.7 Å². The Kier molecular flexibility index (Phi) is 3.77. The van der Waals surface area contributed by atoms with Crippen molar-refractivity contribution >= 4 is 17.8 Å². The molecule has 2 aliphatic rings. The van der Waals surface area contributed by atoms with Gasteiger partial charge in [-0.3, -0.25) is 10.1 Å². The molecular formula is C15H20N4O2. The van der Waals surface area contributed by atoms with E-state index in [0.29, 0.717) is 24.8 Å². The average Bonchev–Trinajstić information content (AvgIpc) is 3.23. The number of hydrogen-bond donors (Lipinski definition) is 2. The Morgan fingerprint density at radius 3 is 2.90 bits per heavy atom. The predicted octanol–water partition coefficient (Wildman–Crippen LogP) is 1.52. The second-order valence-corrected chi connectivity index (χ2v) is 5.90. The summed E-state index contributed by atoms with van der Waals surface area (Å²) in [5, 5.41) is 5.51. The first kappa shape index (κ1) is 13.9. The van der Waals surface area contributed by atoms with Gasteiger partial charge in [0.15, 0.2) is 0 Å². The maximum atomic E-state index is 11.8. The molecule has 3 rings (SSSR count). The van der Waals surface area contributed by atoms with Gasteiger partial charge in [-0.1, -0.05) is 6.07 Å². The Balaban J connectivity index is 1.43. The summed E-state index contributed by atoms with van der Waals surface area (Å²) in [7, 11) is 0. The van der Waals surface area contributed by atoms with Gasteiger partial charge < -0.3 is 10.2 Å². The number of rotatable bonds is 4. The quantitative estimate of drug-likeness (QED) is 0.882. The van der Waals surface area contributed by atoms with E-state index >= 15 is 0 Å². The molecule has 6 heteroatoms. The molecule has 112 valence electrons. The molecule has 1 aromatic heterocycles. The van der Waals surface area contributed by atoms with Crippen molar-refractivity contribution in [2.75, 3.05) is 18.4 Å². The topological polar surface area (TPSA) is 74.3 Å². The smallest absolute Gasteiger partial charge is 0.320 e. The molecule has 0 aromatic carbocycles. The van der Waals surface area contributed by atoms with E-state index in [2.05, 4.69) is 15.6 Å². The predicted molar refractivity (Wildman–Crippen MR) is 78.8 cm³/mol. The minimum atomic E-state index is -0.274. The summed E-state index contributed by atoms with van der Waals surface area (Å²) < 4.78 is 0. The van der Waals surface area contributed by atoms with Crippen LogP contribution in [0.15, 0.2) is 18.3 Å². The van der Waals surface area contributed by atoms with Gasteiger partial charge >= 0.3 is 6.03 Å². The Morgan fingerprint density at radius 2 is 2.24 bits per heavy atom. The van der Waals surface area contributed by atoms with Crippen LogP contribution in [0.25, 0.3) is 0 Å². The Hall–Kier alpha value is -2.11. The Morgan fingerprint density at radius 1 is 1.43 bits per heavy atom. The first-order valence-corrected chi connectivity index (χ1v) is 7.39. The van der Waals surface area contributed by atoms with Crippen molar-refractivity contribution in [3.63, 3.8) is 0 Å². The molecule has 2 heterocycles. The van der Waals surface area contributed by atoms with Gasteiger partial charge in [0.1, 0.15) is 5.82 Å². The second-order valence-electron chi connectivity index (χ2n) is 5.90. The number of amides is 3. The zero-order chi connectivity index (χ0) is 14.8. The number of aryl methyl sites for hydroxylation is 1. The van der Waals surface area contributed by atoms with Crippen molar-refractivity contribution in [1.82, 2.24) is 15.2 Å². The molecule has 0 radical (unpaired) electrons. The highest BCUT2D eigenvalue weighted by atomic mass is 16.2. The van der Waals surface area contributed by atoms with Crippen molar-refractivity contribution in [2.24, 2.45) is 5.92 Å². The van der Waals surface area contributed by atoms with Crippen molar-refractivity contribution in [1.29, 1.82) is 0 Å². The number of aromatic nitrogens is 1. The minimum Gasteiger partial charge on any atom is -0.339 e. The van der Waals surface area contributed by atoms with Gasteiger partial charge in [-0.2, -0.15) is 0 Å². The Bertz CT molecular complexity index is 539. The lowest BCUT2D eigenvalue weighted by molar-refractivity contribution is -0.128. The molecule has 0 bridgehead atoms. The maximum absolute atomic E-state index is 11.8. The van der Waals surface area contributed by atoms with E-state index in [9.17, 15) is 9.59 Å². The number of likely N-dealkylation sites (tertiary alicyclic amines) is 1. The number of urea groups is 1. The molecule has 2 N–H and O–H groups in total. The lowest BCUT2D eigenvalue weighted by Gasteiger charge is -2.15. The number of carbonyl (C=O) groups excluding carboxylic acids is 2. The van der Waals surface area contributed by atoms with E-state index in [1.54, 1.807) is 12.3 Å². The van der Waals surface area contributed by atoms with Crippen molar-refractivity contribution in [2.45, 2.75) is 32.2 Å². The van der Waals surface area contributed by atoms with Crippen LogP contribution in [0.5, 0.6) is 0 Å². The summed E-state index contributed by atoms with van der Waals surface area (Å²) in [6, 6.07) is 3.85. The molecular weight excluding hydrogens is 268 g/mol. The van der Waals surface area contributed by atoms with Crippen LogP contribution in [0.3, 0.4) is 0 Å². The number of hydrogen-bond acceptors (Lipinski definition) is 3. The minimum absolute atomic E-state index is 0.217. The molecule has 0 spiro atoms. The normalized spacial score (nSPS) is 21.5. The molecule has 1 aliphatic carbocycles. The summed E-state index contributed by atoms with van der Waals surface area (Å²) in [6.45, 7) is 3.23. The fourth-order valence-electron chi connectivity index (χ4n) is 2.62. The lowest BCUT2D eigenvalue weighted by Crippen LogP contribution is -2.34. The van der Waals surface area contributed by atoms with Crippen LogP contribution in [0, 0.1) is 12.8 Å². The molecule has 1 saturated carbocycles. The SMILES string of the molecule is Cc1ccc(NC(=O)NCC2CC(=O)N(C3CC3)C2)nc1. The molecule has 1 atom stereocenters. The van der Waals surface area contributed by atoms with E-state index in [-0.39, 0.29) is 17.9 Å². The largest absolute Gasteiger partial charge is 0.339 e. The molecule has 1 unspecified atom stereocenters. The molecule has 6 nitrogen and oxygen atoms in total. The van der Waals surface area contributed by atoms with Crippen LogP contribution in [0.2, 0.25) is 0 Å². The first-order chi connectivity index (χ1) is 10.1. The van der Waals surface area contributed by atoms with Crippen molar-refractivity contribution in [3.05, 3.63) is 23.9 Å². The van der Waals surface area contributed by atoms with Gasteiger partial charge in [0.05, 0.1) is 0 Å². The third-order valence-electron chi connectivity index (χ3n) is 3.93. The zero-order valence-corrected chi connectivity index (χ0v) is 12.1. The third kappa shape index (κ3) is 3.51. The van der Waals surface area contributed by atoms with Crippen LogP contribution in [0.1, 0.15) is 24.8 Å². The van der Waals surface area contributed by atoms with Gasteiger partial charge in [0.2, 0.25) is 5.91 Å². The van der Waals surface area contributed by atoms with E-state index in [0.717, 1.165) is 24.9 Å². The number of pyridine rings is 1. The van der Waals surface area contributed by atoms with E-state index in [4.69, 9.17) is 0 Å². The van der Waals surface area contributed by atoms with Crippen LogP contribution in [0.4, 0.5) is 10.6 Å². The summed E-state index contributed by atoms with van der Waals surface area (Å²) in [5.41, 5.74) is 1.05. The van der Waals surface area contributed by atoms with Crippen molar-refractivity contribution < 1.29 is 9.59 Å². The van der Waals surface area contributed by atoms with E-state index in [1.165, 1.54) is 0 Å². The fraction of sp³-hybridized carbons (Fsp3) is 0.533.